The summed E-state index contributed by atoms with van der Waals surface area (Å²) in [4.78, 5) is 39.8. The van der Waals surface area contributed by atoms with Crippen LogP contribution in [0.5, 0.6) is 0 Å². The van der Waals surface area contributed by atoms with E-state index < -0.39 is 23.8 Å². The smallest absolute Gasteiger partial charge is 0.332 e. The van der Waals surface area contributed by atoms with Crippen molar-refractivity contribution < 1.29 is 14.4 Å². The minimum Gasteiger partial charge on any atom is -0.378 e. The lowest BCUT2D eigenvalue weighted by atomic mass is 9.99. The lowest BCUT2D eigenvalue weighted by Crippen LogP contribution is -2.56. The van der Waals surface area contributed by atoms with E-state index in [9.17, 15) is 14.4 Å². The highest BCUT2D eigenvalue weighted by Gasteiger charge is 2.41. The molecule has 0 N–H and O–H groups in total. The third-order valence-electron chi connectivity index (χ3n) is 3.92. The number of imide groups is 2. The number of barbiturate groups is 1. The summed E-state index contributed by atoms with van der Waals surface area (Å²) < 4.78 is 0. The van der Waals surface area contributed by atoms with E-state index in [1.807, 2.05) is 49.3 Å². The molecule has 1 saturated heterocycles. The molecule has 0 atom stereocenters. The summed E-state index contributed by atoms with van der Waals surface area (Å²) in [6.07, 6.45) is 3.94. The van der Waals surface area contributed by atoms with Gasteiger partial charge in [-0.15, -0.1) is 0 Å². The Hall–Kier alpha value is -2.63. The van der Waals surface area contributed by atoms with Crippen LogP contribution in [0.25, 0.3) is 6.08 Å². The Balaban J connectivity index is 2.05. The highest BCUT2D eigenvalue weighted by Crippen LogP contribution is 2.20. The van der Waals surface area contributed by atoms with Crippen LogP contribution >= 0.6 is 0 Å². The second-order valence-corrected chi connectivity index (χ2v) is 5.75. The molecule has 6 heteroatoms. The van der Waals surface area contributed by atoms with E-state index in [2.05, 4.69) is 0 Å². The number of rotatable bonds is 4. The van der Waals surface area contributed by atoms with Crippen molar-refractivity contribution in [3.05, 3.63) is 35.9 Å². The molecule has 1 aromatic rings. The standard InChI is InChI=1S/C17H21N3O3/c1-18(2)13-10-8-12(9-11-13)6-5-7-14-15(21)19(3)17(23)20(4)16(14)22/h5-6,8-11,14H,7H2,1-4H3/b6-5+. The van der Waals surface area contributed by atoms with Gasteiger partial charge in [0.2, 0.25) is 11.8 Å². The van der Waals surface area contributed by atoms with Crippen molar-refractivity contribution in [2.45, 2.75) is 6.42 Å². The maximum Gasteiger partial charge on any atom is 0.332 e. The molecule has 1 aliphatic heterocycles. The molecule has 1 aromatic carbocycles. The van der Waals surface area contributed by atoms with Gasteiger partial charge in [0.25, 0.3) is 0 Å². The molecule has 0 radical (unpaired) electrons. The lowest BCUT2D eigenvalue weighted by molar-refractivity contribution is -0.147. The van der Waals surface area contributed by atoms with E-state index in [1.165, 1.54) is 14.1 Å². The van der Waals surface area contributed by atoms with Crippen molar-refractivity contribution in [3.8, 4) is 0 Å². The van der Waals surface area contributed by atoms with Crippen LogP contribution < -0.4 is 4.90 Å². The van der Waals surface area contributed by atoms with Crippen LogP contribution in [0.2, 0.25) is 0 Å². The van der Waals surface area contributed by atoms with Crippen molar-refractivity contribution in [1.82, 2.24) is 9.80 Å². The molecule has 0 bridgehead atoms. The molecule has 122 valence electrons. The lowest BCUT2D eigenvalue weighted by Gasteiger charge is -2.32. The highest BCUT2D eigenvalue weighted by atomic mass is 16.2. The molecular weight excluding hydrogens is 294 g/mol. The number of benzene rings is 1. The normalized spacial score (nSPS) is 16.6. The Kier molecular flexibility index (Phi) is 4.83. The number of nitrogens with zero attached hydrogens (tertiary/aromatic N) is 3. The first-order chi connectivity index (χ1) is 10.8. The second-order valence-electron chi connectivity index (χ2n) is 5.75. The molecule has 0 saturated carbocycles. The van der Waals surface area contributed by atoms with Gasteiger partial charge in [-0.3, -0.25) is 19.4 Å². The highest BCUT2D eigenvalue weighted by molar-refractivity contribution is 6.15. The third kappa shape index (κ3) is 3.41. The third-order valence-corrected chi connectivity index (χ3v) is 3.92. The maximum absolute atomic E-state index is 12.1. The zero-order valence-electron chi connectivity index (χ0n) is 13.8. The van der Waals surface area contributed by atoms with Gasteiger partial charge in [-0.2, -0.15) is 0 Å². The van der Waals surface area contributed by atoms with E-state index in [1.54, 1.807) is 6.08 Å². The van der Waals surface area contributed by atoms with E-state index in [4.69, 9.17) is 0 Å². The van der Waals surface area contributed by atoms with E-state index in [0.717, 1.165) is 21.1 Å². The van der Waals surface area contributed by atoms with Gasteiger partial charge in [-0.1, -0.05) is 24.3 Å². The molecule has 1 fully saturated rings. The predicted molar refractivity (Wildman–Crippen MR) is 88.8 cm³/mol. The van der Waals surface area contributed by atoms with Crippen LogP contribution in [0.15, 0.2) is 30.3 Å². The molecule has 4 amide bonds. The number of urea groups is 1. The van der Waals surface area contributed by atoms with Crippen molar-refractivity contribution in [1.29, 1.82) is 0 Å². The van der Waals surface area contributed by atoms with Gasteiger partial charge in [0.05, 0.1) is 0 Å². The monoisotopic (exact) mass is 315 g/mol. The van der Waals surface area contributed by atoms with Crippen LogP contribution in [-0.4, -0.2) is 55.8 Å². The largest absolute Gasteiger partial charge is 0.378 e. The second kappa shape index (κ2) is 6.64. The summed E-state index contributed by atoms with van der Waals surface area (Å²) in [5.74, 6) is -1.74. The number of allylic oxidation sites excluding steroid dienone is 1. The SMILES string of the molecule is CN1C(=O)C(C/C=C/c2ccc(N(C)C)cc2)C(=O)N(C)C1=O. The predicted octanol–water partition coefficient (Wildman–Crippen LogP) is 1.82. The van der Waals surface area contributed by atoms with E-state index in [-0.39, 0.29) is 6.42 Å². The Morgan fingerprint density at radius 2 is 1.52 bits per heavy atom. The first-order valence-electron chi connectivity index (χ1n) is 7.36. The number of hydrogen-bond donors (Lipinski definition) is 0. The first kappa shape index (κ1) is 16.7. The van der Waals surface area contributed by atoms with E-state index in [0.29, 0.717) is 0 Å². The van der Waals surface area contributed by atoms with Gasteiger partial charge in [-0.05, 0) is 24.1 Å². The molecule has 23 heavy (non-hydrogen) atoms. The minimum atomic E-state index is -0.833. The number of carbonyl (C=O) groups is 3. The maximum atomic E-state index is 12.1. The summed E-state index contributed by atoms with van der Waals surface area (Å²) in [7, 11) is 6.73. The van der Waals surface area contributed by atoms with Crippen molar-refractivity contribution in [3.63, 3.8) is 0 Å². The molecule has 1 aliphatic rings. The average Bonchev–Trinajstić information content (AvgIpc) is 2.54. The number of amides is 4. The van der Waals surface area contributed by atoms with Gasteiger partial charge in [-0.25, -0.2) is 4.79 Å². The molecule has 1 heterocycles. The fourth-order valence-corrected chi connectivity index (χ4v) is 2.41. The molecule has 0 unspecified atom stereocenters. The molecule has 2 rings (SSSR count). The fraction of sp³-hybridized carbons (Fsp3) is 0.353. The molecule has 6 nitrogen and oxygen atoms in total. The number of carbonyl (C=O) groups excluding carboxylic acids is 3. The summed E-state index contributed by atoms with van der Waals surface area (Å²) in [5.41, 5.74) is 2.09. The number of hydrogen-bond acceptors (Lipinski definition) is 4. The summed E-state index contributed by atoms with van der Waals surface area (Å²) in [6, 6.07) is 7.35. The first-order valence-corrected chi connectivity index (χ1v) is 7.36. The van der Waals surface area contributed by atoms with Crippen molar-refractivity contribution in [2.24, 2.45) is 5.92 Å². The topological polar surface area (TPSA) is 60.9 Å². The summed E-state index contributed by atoms with van der Waals surface area (Å²) >= 11 is 0. The van der Waals surface area contributed by atoms with Gasteiger partial charge in [0.15, 0.2) is 0 Å². The molecular formula is C17H21N3O3. The molecule has 0 aliphatic carbocycles. The summed E-state index contributed by atoms with van der Waals surface area (Å²) in [5, 5.41) is 0. The molecule has 0 aromatic heterocycles. The van der Waals surface area contributed by atoms with Gasteiger partial charge >= 0.3 is 6.03 Å². The fourth-order valence-electron chi connectivity index (χ4n) is 2.41. The van der Waals surface area contributed by atoms with Gasteiger partial charge < -0.3 is 4.90 Å². The van der Waals surface area contributed by atoms with Crippen molar-refractivity contribution in [2.75, 3.05) is 33.1 Å². The quantitative estimate of drug-likeness (QED) is 0.795. The van der Waals surface area contributed by atoms with Gasteiger partial charge in [0, 0.05) is 33.9 Å². The Labute approximate surface area is 136 Å². The Bertz CT molecular complexity index is 626. The Morgan fingerprint density at radius 1 is 1.00 bits per heavy atom. The average molecular weight is 315 g/mol. The van der Waals surface area contributed by atoms with Crippen LogP contribution in [0.3, 0.4) is 0 Å². The zero-order valence-corrected chi connectivity index (χ0v) is 13.8. The van der Waals surface area contributed by atoms with Crippen LogP contribution in [0.1, 0.15) is 12.0 Å². The minimum absolute atomic E-state index is 0.273. The molecule has 0 spiro atoms. The van der Waals surface area contributed by atoms with Crippen LogP contribution in [-0.2, 0) is 9.59 Å². The van der Waals surface area contributed by atoms with Crippen LogP contribution in [0.4, 0.5) is 10.5 Å². The summed E-state index contributed by atoms with van der Waals surface area (Å²) in [6.45, 7) is 0. The number of anilines is 1. The Morgan fingerprint density at radius 3 is 2.00 bits per heavy atom. The van der Waals surface area contributed by atoms with E-state index >= 15 is 0 Å². The zero-order chi connectivity index (χ0) is 17.1. The van der Waals surface area contributed by atoms with Crippen molar-refractivity contribution >= 4 is 29.6 Å². The van der Waals surface area contributed by atoms with Crippen LogP contribution in [0, 0.1) is 5.92 Å². The van der Waals surface area contributed by atoms with Gasteiger partial charge in [0.1, 0.15) is 5.92 Å².